The van der Waals surface area contributed by atoms with Gasteiger partial charge < -0.3 is 10.1 Å². The lowest BCUT2D eigenvalue weighted by atomic mass is 10.0. The van der Waals surface area contributed by atoms with Crippen LogP contribution in [0.3, 0.4) is 0 Å². The van der Waals surface area contributed by atoms with Crippen molar-refractivity contribution in [3.8, 4) is 16.9 Å². The van der Waals surface area contributed by atoms with E-state index in [-0.39, 0.29) is 5.75 Å². The molecule has 27 heavy (non-hydrogen) atoms. The van der Waals surface area contributed by atoms with Crippen molar-refractivity contribution >= 4 is 11.6 Å². The fourth-order valence-corrected chi connectivity index (χ4v) is 2.56. The maximum atomic E-state index is 12.7. The Labute approximate surface area is 154 Å². The highest BCUT2D eigenvalue weighted by molar-refractivity contribution is 5.96. The zero-order valence-corrected chi connectivity index (χ0v) is 14.2. The van der Waals surface area contributed by atoms with Gasteiger partial charge in [0.05, 0.1) is 5.56 Å². The van der Waals surface area contributed by atoms with Crippen LogP contribution in [-0.2, 0) is 11.0 Å². The van der Waals surface area contributed by atoms with Crippen molar-refractivity contribution in [1.29, 1.82) is 0 Å². The molecule has 0 radical (unpaired) electrons. The first-order valence-corrected chi connectivity index (χ1v) is 8.18. The SMILES string of the molecule is O=C(COc1cccc(C(F)(F)F)c1)Nc1ccccc1-c1ccccc1. The van der Waals surface area contributed by atoms with E-state index in [0.717, 1.165) is 23.3 Å². The van der Waals surface area contributed by atoms with E-state index in [1.807, 2.05) is 42.5 Å². The molecule has 3 rings (SSSR count). The Bertz CT molecular complexity index is 924. The van der Waals surface area contributed by atoms with E-state index in [4.69, 9.17) is 4.74 Å². The van der Waals surface area contributed by atoms with Gasteiger partial charge in [-0.25, -0.2) is 0 Å². The Balaban J connectivity index is 1.68. The zero-order chi connectivity index (χ0) is 19.3. The molecule has 0 aliphatic heterocycles. The van der Waals surface area contributed by atoms with Crippen molar-refractivity contribution in [1.82, 2.24) is 0 Å². The molecule has 0 saturated heterocycles. The summed E-state index contributed by atoms with van der Waals surface area (Å²) in [5.74, 6) is -0.480. The van der Waals surface area contributed by atoms with E-state index in [1.165, 1.54) is 12.1 Å². The average Bonchev–Trinajstić information content (AvgIpc) is 2.67. The molecule has 138 valence electrons. The van der Waals surface area contributed by atoms with E-state index in [2.05, 4.69) is 5.32 Å². The molecular formula is C21H16F3NO2. The van der Waals surface area contributed by atoms with Gasteiger partial charge in [0, 0.05) is 11.3 Å². The van der Waals surface area contributed by atoms with Crippen LogP contribution in [0.25, 0.3) is 11.1 Å². The molecule has 0 saturated carbocycles. The van der Waals surface area contributed by atoms with Crippen LogP contribution in [0.1, 0.15) is 5.56 Å². The number of hydrogen-bond acceptors (Lipinski definition) is 2. The molecule has 3 nitrogen and oxygen atoms in total. The molecule has 0 atom stereocenters. The highest BCUT2D eigenvalue weighted by Gasteiger charge is 2.30. The number of hydrogen-bond donors (Lipinski definition) is 1. The normalized spacial score (nSPS) is 11.1. The second-order valence-electron chi connectivity index (χ2n) is 5.77. The molecule has 0 heterocycles. The first kappa shape index (κ1) is 18.5. The number of nitrogens with one attached hydrogen (secondary N) is 1. The van der Waals surface area contributed by atoms with Gasteiger partial charge in [-0.15, -0.1) is 0 Å². The van der Waals surface area contributed by atoms with Crippen molar-refractivity contribution in [2.24, 2.45) is 0 Å². The van der Waals surface area contributed by atoms with Crippen molar-refractivity contribution in [3.63, 3.8) is 0 Å². The third kappa shape index (κ3) is 4.88. The number of benzene rings is 3. The molecule has 0 aromatic heterocycles. The number of alkyl halides is 3. The highest BCUT2D eigenvalue weighted by Crippen LogP contribution is 2.31. The third-order valence-corrected chi connectivity index (χ3v) is 3.82. The molecule has 6 heteroatoms. The number of rotatable bonds is 5. The smallest absolute Gasteiger partial charge is 0.416 e. The van der Waals surface area contributed by atoms with Gasteiger partial charge in [-0.3, -0.25) is 4.79 Å². The summed E-state index contributed by atoms with van der Waals surface area (Å²) >= 11 is 0. The fourth-order valence-electron chi connectivity index (χ4n) is 2.56. The Kier molecular flexibility index (Phi) is 5.45. The summed E-state index contributed by atoms with van der Waals surface area (Å²) in [6.07, 6.45) is -4.46. The molecule has 0 bridgehead atoms. The number of halogens is 3. The quantitative estimate of drug-likeness (QED) is 0.653. The predicted molar refractivity (Wildman–Crippen MR) is 97.4 cm³/mol. The summed E-state index contributed by atoms with van der Waals surface area (Å²) in [5, 5.41) is 2.74. The van der Waals surface area contributed by atoms with Crippen LogP contribution in [-0.4, -0.2) is 12.5 Å². The minimum absolute atomic E-state index is 0.0173. The highest BCUT2D eigenvalue weighted by atomic mass is 19.4. The molecule has 0 spiro atoms. The van der Waals surface area contributed by atoms with Crippen molar-refractivity contribution in [2.45, 2.75) is 6.18 Å². The van der Waals surface area contributed by atoms with Gasteiger partial charge in [0.2, 0.25) is 0 Å². The van der Waals surface area contributed by atoms with Gasteiger partial charge >= 0.3 is 6.18 Å². The Morgan fingerprint density at radius 2 is 1.59 bits per heavy atom. The number of carbonyl (C=O) groups excluding carboxylic acids is 1. The summed E-state index contributed by atoms with van der Waals surface area (Å²) in [4.78, 5) is 12.2. The predicted octanol–water partition coefficient (Wildman–Crippen LogP) is 5.39. The molecule has 3 aromatic carbocycles. The summed E-state index contributed by atoms with van der Waals surface area (Å²) in [5.41, 5.74) is 1.55. The van der Waals surface area contributed by atoms with Crippen LogP contribution >= 0.6 is 0 Å². The van der Waals surface area contributed by atoms with E-state index in [0.29, 0.717) is 5.69 Å². The molecule has 0 unspecified atom stereocenters. The maximum absolute atomic E-state index is 12.7. The van der Waals surface area contributed by atoms with E-state index in [9.17, 15) is 18.0 Å². The molecule has 1 amide bonds. The van der Waals surface area contributed by atoms with Crippen molar-refractivity contribution < 1.29 is 22.7 Å². The van der Waals surface area contributed by atoms with E-state index < -0.39 is 24.3 Å². The van der Waals surface area contributed by atoms with Gasteiger partial charge in [0.25, 0.3) is 5.91 Å². The number of ether oxygens (including phenoxy) is 1. The molecule has 0 fully saturated rings. The minimum atomic E-state index is -4.46. The first-order valence-electron chi connectivity index (χ1n) is 8.18. The third-order valence-electron chi connectivity index (χ3n) is 3.82. The summed E-state index contributed by atoms with van der Waals surface area (Å²) < 4.78 is 43.4. The number of amides is 1. The van der Waals surface area contributed by atoms with Crippen LogP contribution in [0.4, 0.5) is 18.9 Å². The van der Waals surface area contributed by atoms with Crippen LogP contribution < -0.4 is 10.1 Å². The molecule has 0 aliphatic rings. The largest absolute Gasteiger partial charge is 0.484 e. The minimum Gasteiger partial charge on any atom is -0.484 e. The lowest BCUT2D eigenvalue weighted by Crippen LogP contribution is -2.20. The van der Waals surface area contributed by atoms with Crippen molar-refractivity contribution in [2.75, 3.05) is 11.9 Å². The molecular weight excluding hydrogens is 355 g/mol. The van der Waals surface area contributed by atoms with Gasteiger partial charge in [-0.1, -0.05) is 54.6 Å². The van der Waals surface area contributed by atoms with Gasteiger partial charge in [0.15, 0.2) is 6.61 Å². The van der Waals surface area contributed by atoms with Gasteiger partial charge in [0.1, 0.15) is 5.75 Å². The number of carbonyl (C=O) groups is 1. The standard InChI is InChI=1S/C21H16F3NO2/c22-21(23,24)16-9-6-10-17(13-16)27-14-20(26)25-19-12-5-4-11-18(19)15-7-2-1-3-8-15/h1-13H,14H2,(H,25,26). The Morgan fingerprint density at radius 3 is 2.33 bits per heavy atom. The zero-order valence-electron chi connectivity index (χ0n) is 14.2. The van der Waals surface area contributed by atoms with Crippen LogP contribution in [0, 0.1) is 0 Å². The Morgan fingerprint density at radius 1 is 0.889 bits per heavy atom. The second-order valence-corrected chi connectivity index (χ2v) is 5.77. The van der Waals surface area contributed by atoms with Crippen LogP contribution in [0.15, 0.2) is 78.9 Å². The van der Waals surface area contributed by atoms with E-state index in [1.54, 1.807) is 12.1 Å². The lowest BCUT2D eigenvalue weighted by Gasteiger charge is -2.13. The summed E-state index contributed by atoms with van der Waals surface area (Å²) in [6, 6.07) is 21.2. The topological polar surface area (TPSA) is 38.3 Å². The molecule has 1 N–H and O–H groups in total. The number of para-hydroxylation sites is 1. The van der Waals surface area contributed by atoms with Gasteiger partial charge in [-0.05, 0) is 29.8 Å². The second kappa shape index (κ2) is 7.95. The van der Waals surface area contributed by atoms with Crippen LogP contribution in [0.2, 0.25) is 0 Å². The fraction of sp³-hybridized carbons (Fsp3) is 0.0952. The van der Waals surface area contributed by atoms with Gasteiger partial charge in [-0.2, -0.15) is 13.2 Å². The summed E-state index contributed by atoms with van der Waals surface area (Å²) in [7, 11) is 0. The monoisotopic (exact) mass is 371 g/mol. The summed E-state index contributed by atoms with van der Waals surface area (Å²) in [6.45, 7) is -0.398. The molecule has 0 aliphatic carbocycles. The lowest BCUT2D eigenvalue weighted by molar-refractivity contribution is -0.137. The maximum Gasteiger partial charge on any atom is 0.416 e. The average molecular weight is 371 g/mol. The molecule has 3 aromatic rings. The number of anilines is 1. The first-order chi connectivity index (χ1) is 12.9. The van der Waals surface area contributed by atoms with E-state index >= 15 is 0 Å². The Hall–Kier alpha value is -3.28. The van der Waals surface area contributed by atoms with Crippen LogP contribution in [0.5, 0.6) is 5.75 Å². The van der Waals surface area contributed by atoms with Crippen molar-refractivity contribution in [3.05, 3.63) is 84.4 Å².